The highest BCUT2D eigenvalue weighted by molar-refractivity contribution is 5.93. The maximum absolute atomic E-state index is 13.6. The Bertz CT molecular complexity index is 1620. The molecule has 2 aromatic carbocycles. The van der Waals surface area contributed by atoms with Crippen molar-refractivity contribution in [3.05, 3.63) is 108 Å². The van der Waals surface area contributed by atoms with Crippen LogP contribution in [0.25, 0.3) is 22.2 Å². The quantitative estimate of drug-likeness (QED) is 0.209. The third-order valence-corrected chi connectivity index (χ3v) is 5.79. The van der Waals surface area contributed by atoms with E-state index in [0.717, 1.165) is 23.9 Å². The summed E-state index contributed by atoms with van der Waals surface area (Å²) in [5, 5.41) is 3.35. The first-order chi connectivity index (χ1) is 19.1. The summed E-state index contributed by atoms with van der Waals surface area (Å²) < 4.78 is 85.4. The van der Waals surface area contributed by atoms with Crippen LogP contribution >= 0.6 is 0 Å². The van der Waals surface area contributed by atoms with E-state index in [1.165, 1.54) is 36.5 Å². The van der Waals surface area contributed by atoms with Gasteiger partial charge in [0.25, 0.3) is 0 Å². The molecule has 0 unspecified atom stereocenters. The van der Waals surface area contributed by atoms with Crippen LogP contribution in [0.3, 0.4) is 0 Å². The zero-order valence-corrected chi connectivity index (χ0v) is 20.5. The van der Waals surface area contributed by atoms with Crippen LogP contribution in [0.5, 0.6) is 0 Å². The van der Waals surface area contributed by atoms with Crippen LogP contribution in [-0.4, -0.2) is 19.9 Å². The van der Waals surface area contributed by atoms with Crippen LogP contribution in [0, 0.1) is 0 Å². The molecule has 0 bridgehead atoms. The van der Waals surface area contributed by atoms with Gasteiger partial charge in [0.1, 0.15) is 18.1 Å². The first kappa shape index (κ1) is 27.0. The molecule has 0 saturated heterocycles. The first-order valence-corrected chi connectivity index (χ1v) is 11.8. The number of anilines is 2. The fraction of sp³-hybridized carbons (Fsp3) is 0.143. The third kappa shape index (κ3) is 6.18. The van der Waals surface area contributed by atoms with Gasteiger partial charge < -0.3 is 10.1 Å². The Morgan fingerprint density at radius 2 is 1.55 bits per heavy atom. The molecule has 40 heavy (non-hydrogen) atoms. The summed E-state index contributed by atoms with van der Waals surface area (Å²) in [6.07, 6.45) is -6.94. The van der Waals surface area contributed by atoms with Gasteiger partial charge in [0, 0.05) is 17.1 Å². The minimum atomic E-state index is -4.62. The average molecular weight is 555 g/mol. The van der Waals surface area contributed by atoms with E-state index in [0.29, 0.717) is 5.39 Å². The lowest BCUT2D eigenvalue weighted by Crippen LogP contribution is -2.09. The monoisotopic (exact) mass is 555 g/mol. The fourth-order valence-electron chi connectivity index (χ4n) is 3.96. The predicted octanol–water partition coefficient (Wildman–Crippen LogP) is 7.58. The number of fused-ring (bicyclic) bond motifs is 1. The molecule has 0 amide bonds. The van der Waals surface area contributed by atoms with E-state index in [4.69, 9.17) is 4.74 Å². The first-order valence-electron chi connectivity index (χ1n) is 11.8. The van der Waals surface area contributed by atoms with Crippen molar-refractivity contribution in [1.29, 1.82) is 0 Å². The van der Waals surface area contributed by atoms with E-state index in [2.05, 4.69) is 25.3 Å². The van der Waals surface area contributed by atoms with E-state index in [9.17, 15) is 26.3 Å². The topological polar surface area (TPSA) is 72.8 Å². The van der Waals surface area contributed by atoms with Crippen LogP contribution in [0.15, 0.2) is 85.2 Å². The number of pyridine rings is 2. The molecule has 3 heterocycles. The van der Waals surface area contributed by atoms with Crippen LogP contribution in [-0.2, 0) is 30.3 Å². The van der Waals surface area contributed by atoms with Crippen molar-refractivity contribution in [2.75, 3.05) is 5.32 Å². The van der Waals surface area contributed by atoms with Gasteiger partial charge in [0.15, 0.2) is 5.82 Å². The number of halogens is 6. The molecule has 1 N–H and O–H groups in total. The minimum absolute atomic E-state index is 0.0353. The van der Waals surface area contributed by atoms with E-state index in [-0.39, 0.29) is 47.3 Å². The van der Waals surface area contributed by atoms with E-state index < -0.39 is 23.6 Å². The van der Waals surface area contributed by atoms with Gasteiger partial charge in [-0.1, -0.05) is 36.4 Å². The minimum Gasteiger partial charge on any atom is -0.369 e. The Balaban J connectivity index is 1.52. The summed E-state index contributed by atoms with van der Waals surface area (Å²) in [5.74, 6) is 0.425. The second-order valence-electron chi connectivity index (χ2n) is 8.65. The van der Waals surface area contributed by atoms with Gasteiger partial charge in [0.05, 0.1) is 35.3 Å². The molecule has 0 atom stereocenters. The maximum atomic E-state index is 13.6. The number of nitrogens with one attached hydrogen (secondary N) is 1. The van der Waals surface area contributed by atoms with Crippen molar-refractivity contribution < 1.29 is 31.1 Å². The van der Waals surface area contributed by atoms with Gasteiger partial charge in [-0.3, -0.25) is 4.98 Å². The summed E-state index contributed by atoms with van der Waals surface area (Å²) in [5.41, 5.74) is -0.625. The SMILES string of the molecule is FC(F)(F)c1ccc(Nc2nc(COCc3ccccc3)nc3cc(-c4ncccc4C(F)(F)F)ccc23)cn1. The molecule has 0 radical (unpaired) electrons. The molecular weight excluding hydrogens is 536 g/mol. The van der Waals surface area contributed by atoms with Crippen LogP contribution in [0.1, 0.15) is 22.6 Å². The summed E-state index contributed by atoms with van der Waals surface area (Å²) >= 11 is 0. The van der Waals surface area contributed by atoms with Gasteiger partial charge >= 0.3 is 12.4 Å². The predicted molar refractivity (Wildman–Crippen MR) is 135 cm³/mol. The van der Waals surface area contributed by atoms with E-state index in [1.54, 1.807) is 0 Å². The molecule has 0 aliphatic carbocycles. The Morgan fingerprint density at radius 1 is 0.750 bits per heavy atom. The smallest absolute Gasteiger partial charge is 0.369 e. The highest BCUT2D eigenvalue weighted by Gasteiger charge is 2.34. The van der Waals surface area contributed by atoms with Gasteiger partial charge in [0.2, 0.25) is 0 Å². The number of aromatic nitrogens is 4. The number of benzene rings is 2. The van der Waals surface area contributed by atoms with Crippen molar-refractivity contribution in [1.82, 2.24) is 19.9 Å². The van der Waals surface area contributed by atoms with Crippen molar-refractivity contribution in [2.45, 2.75) is 25.6 Å². The fourth-order valence-corrected chi connectivity index (χ4v) is 3.96. The summed E-state index contributed by atoms with van der Waals surface area (Å²) in [6, 6.07) is 17.9. The second kappa shape index (κ2) is 10.9. The highest BCUT2D eigenvalue weighted by atomic mass is 19.4. The molecule has 3 aromatic heterocycles. The lowest BCUT2D eigenvalue weighted by atomic mass is 10.0. The number of ether oxygens (including phenoxy) is 1. The highest BCUT2D eigenvalue weighted by Crippen LogP contribution is 2.37. The molecule has 204 valence electrons. The lowest BCUT2D eigenvalue weighted by Gasteiger charge is -2.14. The number of rotatable bonds is 7. The standard InChI is InChI=1S/C28H19F6N5O/c29-27(30,31)21-7-4-12-35-25(21)18-8-10-20-22(13-18)38-24(16-40-15-17-5-2-1-3-6-17)39-26(20)37-19-9-11-23(36-14-19)28(32,33)34/h1-14H,15-16H2,(H,37,38,39). The molecule has 0 spiro atoms. The molecule has 12 heteroatoms. The summed E-state index contributed by atoms with van der Waals surface area (Å²) in [6.45, 7) is 0.225. The molecule has 6 nitrogen and oxygen atoms in total. The Labute approximate surface area is 223 Å². The average Bonchev–Trinajstić information content (AvgIpc) is 2.93. The molecule has 0 aliphatic rings. The third-order valence-electron chi connectivity index (χ3n) is 5.79. The lowest BCUT2D eigenvalue weighted by molar-refractivity contribution is -0.141. The molecule has 0 aliphatic heterocycles. The number of hydrogen-bond donors (Lipinski definition) is 1. The number of alkyl halides is 6. The molecule has 5 aromatic rings. The van der Waals surface area contributed by atoms with Gasteiger partial charge in [-0.05, 0) is 42.0 Å². The molecule has 0 saturated carbocycles. The molecule has 5 rings (SSSR count). The number of hydrogen-bond acceptors (Lipinski definition) is 6. The molecular formula is C28H19F6N5O. The van der Waals surface area contributed by atoms with Crippen molar-refractivity contribution in [2.24, 2.45) is 0 Å². The van der Waals surface area contributed by atoms with E-state index in [1.807, 2.05) is 30.3 Å². The van der Waals surface area contributed by atoms with Crippen LogP contribution < -0.4 is 5.32 Å². The second-order valence-corrected chi connectivity index (χ2v) is 8.65. The van der Waals surface area contributed by atoms with E-state index >= 15 is 0 Å². The van der Waals surface area contributed by atoms with Gasteiger partial charge in [-0.2, -0.15) is 26.3 Å². The Kier molecular flexibility index (Phi) is 7.35. The summed E-state index contributed by atoms with van der Waals surface area (Å²) in [4.78, 5) is 16.3. The van der Waals surface area contributed by atoms with Crippen LogP contribution in [0.4, 0.5) is 37.8 Å². The maximum Gasteiger partial charge on any atom is 0.433 e. The van der Waals surface area contributed by atoms with Gasteiger partial charge in [-0.25, -0.2) is 15.0 Å². The number of nitrogens with zero attached hydrogens (tertiary/aromatic N) is 4. The Hall–Kier alpha value is -4.58. The normalized spacial score (nSPS) is 12.1. The van der Waals surface area contributed by atoms with Crippen molar-refractivity contribution >= 4 is 22.4 Å². The zero-order chi connectivity index (χ0) is 28.3. The Morgan fingerprint density at radius 3 is 2.25 bits per heavy atom. The van der Waals surface area contributed by atoms with Crippen LogP contribution in [0.2, 0.25) is 0 Å². The largest absolute Gasteiger partial charge is 0.433 e. The zero-order valence-electron chi connectivity index (χ0n) is 20.5. The van der Waals surface area contributed by atoms with Crippen molar-refractivity contribution in [3.8, 4) is 11.3 Å². The summed E-state index contributed by atoms with van der Waals surface area (Å²) in [7, 11) is 0. The van der Waals surface area contributed by atoms with Crippen molar-refractivity contribution in [3.63, 3.8) is 0 Å². The van der Waals surface area contributed by atoms with Gasteiger partial charge in [-0.15, -0.1) is 0 Å². The molecule has 0 fully saturated rings.